The van der Waals surface area contributed by atoms with Gasteiger partial charge in [0, 0.05) is 17.8 Å². The zero-order valence-corrected chi connectivity index (χ0v) is 16.9. The summed E-state index contributed by atoms with van der Waals surface area (Å²) in [6.45, 7) is 8.29. The SMILES string of the molecule is Cc1ccc(C(C)(C)c2ccc(Oc3ncc(-c4nc(C)no4)cn3)cc2)cc1. The number of nitrogens with zero attached hydrogens (tertiary/aromatic N) is 4. The average molecular weight is 386 g/mol. The normalized spacial score (nSPS) is 11.4. The van der Waals surface area contributed by atoms with E-state index in [0.29, 0.717) is 23.0 Å². The minimum absolute atomic E-state index is 0.105. The molecule has 0 aliphatic heterocycles. The van der Waals surface area contributed by atoms with Crippen molar-refractivity contribution in [3.63, 3.8) is 0 Å². The van der Waals surface area contributed by atoms with Crippen LogP contribution in [0.5, 0.6) is 11.8 Å². The zero-order valence-electron chi connectivity index (χ0n) is 16.9. The summed E-state index contributed by atoms with van der Waals surface area (Å²) < 4.78 is 10.9. The van der Waals surface area contributed by atoms with E-state index in [1.54, 1.807) is 19.3 Å². The van der Waals surface area contributed by atoms with Crippen molar-refractivity contribution in [3.8, 4) is 23.2 Å². The minimum atomic E-state index is -0.105. The highest BCUT2D eigenvalue weighted by molar-refractivity contribution is 5.49. The number of ether oxygens (including phenoxy) is 1. The van der Waals surface area contributed by atoms with Crippen molar-refractivity contribution in [2.45, 2.75) is 33.1 Å². The molecule has 6 heteroatoms. The van der Waals surface area contributed by atoms with Gasteiger partial charge in [-0.05, 0) is 37.1 Å². The number of rotatable bonds is 5. The second-order valence-electron chi connectivity index (χ2n) is 7.52. The molecule has 0 atom stereocenters. The van der Waals surface area contributed by atoms with E-state index in [2.05, 4.69) is 77.3 Å². The number of aryl methyl sites for hydroxylation is 2. The zero-order chi connectivity index (χ0) is 20.4. The summed E-state index contributed by atoms with van der Waals surface area (Å²) in [5.41, 5.74) is 4.28. The van der Waals surface area contributed by atoms with Gasteiger partial charge in [0.15, 0.2) is 5.82 Å². The van der Waals surface area contributed by atoms with Crippen LogP contribution in [0.1, 0.15) is 36.4 Å². The highest BCUT2D eigenvalue weighted by atomic mass is 16.5. The van der Waals surface area contributed by atoms with E-state index in [4.69, 9.17) is 9.26 Å². The molecule has 6 nitrogen and oxygen atoms in total. The van der Waals surface area contributed by atoms with Crippen LogP contribution in [-0.4, -0.2) is 20.1 Å². The van der Waals surface area contributed by atoms with Gasteiger partial charge in [-0.15, -0.1) is 0 Å². The molecule has 0 amide bonds. The van der Waals surface area contributed by atoms with Gasteiger partial charge in [0.05, 0.1) is 5.56 Å². The summed E-state index contributed by atoms with van der Waals surface area (Å²) in [6.07, 6.45) is 3.20. The van der Waals surface area contributed by atoms with Crippen molar-refractivity contribution in [3.05, 3.63) is 83.4 Å². The van der Waals surface area contributed by atoms with Gasteiger partial charge in [-0.25, -0.2) is 9.97 Å². The van der Waals surface area contributed by atoms with E-state index in [-0.39, 0.29) is 11.4 Å². The third kappa shape index (κ3) is 4.01. The molecule has 4 aromatic rings. The monoisotopic (exact) mass is 386 g/mol. The minimum Gasteiger partial charge on any atom is -0.424 e. The molecule has 0 fully saturated rings. The average Bonchev–Trinajstić information content (AvgIpc) is 3.16. The van der Waals surface area contributed by atoms with Crippen molar-refractivity contribution in [1.82, 2.24) is 20.1 Å². The molecule has 0 bridgehead atoms. The maximum absolute atomic E-state index is 5.77. The Morgan fingerprint density at radius 1 is 0.828 bits per heavy atom. The third-order valence-electron chi connectivity index (χ3n) is 4.96. The van der Waals surface area contributed by atoms with Crippen molar-refractivity contribution in [2.24, 2.45) is 0 Å². The molecule has 0 N–H and O–H groups in total. The van der Waals surface area contributed by atoms with Crippen LogP contribution in [0.3, 0.4) is 0 Å². The number of aromatic nitrogens is 4. The molecule has 2 heterocycles. The molecule has 2 aromatic heterocycles. The Labute approximate surface area is 169 Å². The maximum atomic E-state index is 5.77. The molecular weight excluding hydrogens is 364 g/mol. The molecule has 0 saturated heterocycles. The lowest BCUT2D eigenvalue weighted by Crippen LogP contribution is -2.18. The fraction of sp³-hybridized carbons (Fsp3) is 0.217. The second kappa shape index (κ2) is 7.47. The lowest BCUT2D eigenvalue weighted by atomic mass is 9.78. The molecule has 4 rings (SSSR count). The molecule has 0 saturated carbocycles. The topological polar surface area (TPSA) is 73.9 Å². The maximum Gasteiger partial charge on any atom is 0.321 e. The van der Waals surface area contributed by atoms with Gasteiger partial charge in [0.25, 0.3) is 5.89 Å². The van der Waals surface area contributed by atoms with Crippen LogP contribution in [-0.2, 0) is 5.41 Å². The molecule has 0 radical (unpaired) electrons. The molecule has 0 aliphatic carbocycles. The molecule has 2 aromatic carbocycles. The van der Waals surface area contributed by atoms with E-state index in [0.717, 1.165) is 0 Å². The fourth-order valence-corrected chi connectivity index (χ4v) is 3.08. The number of hydrogen-bond donors (Lipinski definition) is 0. The van der Waals surface area contributed by atoms with Crippen LogP contribution in [0, 0.1) is 13.8 Å². The molecule has 0 aliphatic rings. The first-order valence-corrected chi connectivity index (χ1v) is 9.40. The van der Waals surface area contributed by atoms with E-state index in [1.165, 1.54) is 16.7 Å². The standard InChI is InChI=1S/C23H22N4O2/c1-15-5-7-18(8-6-15)23(3,4)19-9-11-20(12-10-19)28-22-24-13-17(14-25-22)21-26-16(2)27-29-21/h5-14H,1-4H3. The first kappa shape index (κ1) is 18.8. The van der Waals surface area contributed by atoms with Gasteiger partial charge in [-0.1, -0.05) is 61.0 Å². The number of hydrogen-bond acceptors (Lipinski definition) is 6. The Balaban J connectivity index is 1.48. The van der Waals surface area contributed by atoms with Crippen molar-refractivity contribution < 1.29 is 9.26 Å². The molecule has 29 heavy (non-hydrogen) atoms. The smallest absolute Gasteiger partial charge is 0.321 e. The highest BCUT2D eigenvalue weighted by Gasteiger charge is 2.23. The van der Waals surface area contributed by atoms with Crippen LogP contribution in [0.4, 0.5) is 0 Å². The van der Waals surface area contributed by atoms with E-state index >= 15 is 0 Å². The van der Waals surface area contributed by atoms with Gasteiger partial charge < -0.3 is 9.26 Å². The Morgan fingerprint density at radius 3 is 1.97 bits per heavy atom. The predicted molar refractivity (Wildman–Crippen MR) is 110 cm³/mol. The summed E-state index contributed by atoms with van der Waals surface area (Å²) in [7, 11) is 0. The van der Waals surface area contributed by atoms with Gasteiger partial charge >= 0.3 is 6.01 Å². The largest absolute Gasteiger partial charge is 0.424 e. The first-order chi connectivity index (χ1) is 13.9. The molecular formula is C23H22N4O2. The molecule has 0 spiro atoms. The quantitative estimate of drug-likeness (QED) is 0.466. The lowest BCUT2D eigenvalue weighted by molar-refractivity contribution is 0.423. The van der Waals surface area contributed by atoms with Crippen LogP contribution >= 0.6 is 0 Å². The fourth-order valence-electron chi connectivity index (χ4n) is 3.08. The van der Waals surface area contributed by atoms with Gasteiger partial charge in [-0.3, -0.25) is 0 Å². The van der Waals surface area contributed by atoms with Crippen LogP contribution in [0.15, 0.2) is 65.4 Å². The van der Waals surface area contributed by atoms with Gasteiger partial charge in [0.1, 0.15) is 5.75 Å². The highest BCUT2D eigenvalue weighted by Crippen LogP contribution is 2.33. The van der Waals surface area contributed by atoms with Crippen LogP contribution < -0.4 is 4.74 Å². The lowest BCUT2D eigenvalue weighted by Gasteiger charge is -2.26. The Bertz CT molecular complexity index is 1100. The van der Waals surface area contributed by atoms with E-state index in [1.807, 2.05) is 12.1 Å². The number of benzene rings is 2. The molecule has 0 unspecified atom stereocenters. The Kier molecular flexibility index (Phi) is 4.84. The van der Waals surface area contributed by atoms with Crippen LogP contribution in [0.2, 0.25) is 0 Å². The van der Waals surface area contributed by atoms with E-state index < -0.39 is 0 Å². The van der Waals surface area contributed by atoms with E-state index in [9.17, 15) is 0 Å². The second-order valence-corrected chi connectivity index (χ2v) is 7.52. The summed E-state index contributed by atoms with van der Waals surface area (Å²) >= 11 is 0. The Hall–Kier alpha value is -3.54. The van der Waals surface area contributed by atoms with Crippen molar-refractivity contribution in [1.29, 1.82) is 0 Å². The van der Waals surface area contributed by atoms with Crippen molar-refractivity contribution in [2.75, 3.05) is 0 Å². The summed E-state index contributed by atoms with van der Waals surface area (Å²) in [4.78, 5) is 12.6. The Morgan fingerprint density at radius 2 is 1.41 bits per heavy atom. The predicted octanol–water partition coefficient (Wildman–Crippen LogP) is 5.26. The summed E-state index contributed by atoms with van der Waals surface area (Å²) in [6, 6.07) is 16.9. The van der Waals surface area contributed by atoms with Gasteiger partial charge in [0.2, 0.25) is 0 Å². The van der Waals surface area contributed by atoms with Crippen LogP contribution in [0.25, 0.3) is 11.5 Å². The summed E-state index contributed by atoms with van der Waals surface area (Å²) in [5, 5.41) is 3.76. The van der Waals surface area contributed by atoms with Crippen molar-refractivity contribution >= 4 is 0 Å². The first-order valence-electron chi connectivity index (χ1n) is 9.40. The third-order valence-corrected chi connectivity index (χ3v) is 4.96. The van der Waals surface area contributed by atoms with Gasteiger partial charge in [-0.2, -0.15) is 4.98 Å². The molecule has 146 valence electrons. The summed E-state index contributed by atoms with van der Waals surface area (Å²) in [5.74, 6) is 1.63.